The Balaban J connectivity index is -0.000000250. The summed E-state index contributed by atoms with van der Waals surface area (Å²) in [7, 11) is 1.45. The molecule has 0 spiro atoms. The minimum atomic E-state index is 0.350. The van der Waals surface area contributed by atoms with Gasteiger partial charge in [0.15, 0.2) is 6.26 Å². The van der Waals surface area contributed by atoms with Gasteiger partial charge in [0.1, 0.15) is 0 Å². The van der Waals surface area contributed by atoms with Gasteiger partial charge in [-0.25, -0.2) is 0 Å². The highest BCUT2D eigenvalue weighted by Gasteiger charge is 1.99. The fourth-order valence-corrected chi connectivity index (χ4v) is 3.76. The lowest BCUT2D eigenvalue weighted by Crippen LogP contribution is -2.13. The average Bonchev–Trinajstić information content (AvgIpc) is 3.93. The number of unbranched alkanes of at least 4 members (excludes halogenated alkanes) is 16. The van der Waals surface area contributed by atoms with E-state index < -0.39 is 0 Å². The minimum Gasteiger partial charge on any atom is -0.512 e. The van der Waals surface area contributed by atoms with E-state index in [4.69, 9.17) is 4.89 Å². The number of rotatable bonds is 23. The summed E-state index contributed by atoms with van der Waals surface area (Å²) < 4.78 is 0. The van der Waals surface area contributed by atoms with Crippen LogP contribution in [-0.4, -0.2) is 18.8 Å². The van der Waals surface area contributed by atoms with Crippen molar-refractivity contribution >= 4 is 0 Å². The Labute approximate surface area is 272 Å². The van der Waals surface area contributed by atoms with Crippen molar-refractivity contribution < 1.29 is 14.9 Å². The van der Waals surface area contributed by atoms with Crippen LogP contribution in [0.25, 0.3) is 0 Å². The van der Waals surface area contributed by atoms with Crippen LogP contribution < -0.4 is 5.32 Å². The Bertz CT molecular complexity index is 546. The molecule has 0 atom stereocenters. The van der Waals surface area contributed by atoms with Crippen molar-refractivity contribution in [1.82, 2.24) is 5.32 Å². The molecule has 1 fully saturated rings. The van der Waals surface area contributed by atoms with Crippen molar-refractivity contribution in [3.63, 3.8) is 0 Å². The Morgan fingerprint density at radius 2 is 0.953 bits per heavy atom. The third kappa shape index (κ3) is 53.6. The zero-order valence-electron chi connectivity index (χ0n) is 31.3. The van der Waals surface area contributed by atoms with Crippen molar-refractivity contribution in [3.8, 4) is 0 Å². The summed E-state index contributed by atoms with van der Waals surface area (Å²) in [4.78, 5) is 9.26. The molecule has 1 aliphatic rings. The van der Waals surface area contributed by atoms with Crippen molar-refractivity contribution in [1.29, 1.82) is 0 Å². The Hall–Kier alpha value is -1.42. The molecule has 0 aliphatic heterocycles. The summed E-state index contributed by atoms with van der Waals surface area (Å²) in [6.45, 7) is 19.7. The number of likely N-dealkylation sites (N-methyl/N-ethyl adjacent to an activating group) is 1. The van der Waals surface area contributed by atoms with E-state index in [0.29, 0.717) is 12.2 Å². The van der Waals surface area contributed by atoms with Crippen LogP contribution in [0.3, 0.4) is 0 Å². The van der Waals surface area contributed by atoms with Gasteiger partial charge in [-0.1, -0.05) is 189 Å². The molecular weight excluding hydrogens is 530 g/mol. The molecule has 0 amide bonds. The molecule has 0 aromatic carbocycles. The van der Waals surface area contributed by atoms with E-state index in [1.807, 2.05) is 40.7 Å². The molecule has 0 radical (unpaired) electrons. The Morgan fingerprint density at radius 1 is 0.605 bits per heavy atom. The smallest absolute Gasteiger partial charge is 0.152 e. The van der Waals surface area contributed by atoms with Gasteiger partial charge in [0.05, 0.1) is 18.6 Å². The highest BCUT2D eigenvalue weighted by Crippen LogP contribution is 2.15. The predicted octanol–water partition coefficient (Wildman–Crippen LogP) is 14.1. The summed E-state index contributed by atoms with van der Waals surface area (Å²) in [5.41, 5.74) is 1.78. The van der Waals surface area contributed by atoms with E-state index in [1.54, 1.807) is 6.08 Å². The molecule has 4 nitrogen and oxygen atoms in total. The monoisotopic (exact) mass is 612 g/mol. The van der Waals surface area contributed by atoms with Crippen LogP contribution in [0.15, 0.2) is 35.4 Å². The van der Waals surface area contributed by atoms with Crippen LogP contribution >= 0.6 is 0 Å². The lowest BCUT2D eigenvalue weighted by molar-refractivity contribution is -0.223. The summed E-state index contributed by atoms with van der Waals surface area (Å²) in [6, 6.07) is 0. The standard InChI is InChI=1S/C12H21NO3.C12H26.C10H22.C3H6.C2H6/c1-5-11(14)8-7-10(3)12(13-6-2)9-16-15-4;1-3-5-7-9-11-12-10-8-6-4-2;1-3-5-7-9-10-8-6-4-2;1-2-3-1;1-2/h7-9,13-14H,5-6H2,1-4H3;3-12H2,1-2H3;3-10H2,1-2H3;1-3H2;1-2H3/b10-7+,11-8+,12-9-;;;;. The molecule has 43 heavy (non-hydrogen) atoms. The van der Waals surface area contributed by atoms with Gasteiger partial charge in [0, 0.05) is 13.0 Å². The second-order valence-electron chi connectivity index (χ2n) is 11.2. The molecule has 4 heteroatoms. The zero-order valence-corrected chi connectivity index (χ0v) is 31.3. The van der Waals surface area contributed by atoms with Gasteiger partial charge in [-0.2, -0.15) is 4.89 Å². The largest absolute Gasteiger partial charge is 0.512 e. The third-order valence-corrected chi connectivity index (χ3v) is 6.71. The van der Waals surface area contributed by atoms with Gasteiger partial charge in [0.25, 0.3) is 0 Å². The normalized spacial score (nSPS) is 12.3. The van der Waals surface area contributed by atoms with E-state index >= 15 is 0 Å². The first-order valence-corrected chi connectivity index (χ1v) is 18.7. The van der Waals surface area contributed by atoms with E-state index in [1.165, 1.54) is 148 Å². The van der Waals surface area contributed by atoms with Crippen molar-refractivity contribution in [3.05, 3.63) is 35.4 Å². The van der Waals surface area contributed by atoms with Crippen molar-refractivity contribution in [2.45, 2.75) is 204 Å². The van der Waals surface area contributed by atoms with E-state index in [-0.39, 0.29) is 0 Å². The lowest BCUT2D eigenvalue weighted by atomic mass is 10.1. The Kier molecular flexibility index (Phi) is 53.6. The summed E-state index contributed by atoms with van der Waals surface area (Å²) in [5.74, 6) is 0.350. The molecule has 0 saturated heterocycles. The topological polar surface area (TPSA) is 50.7 Å². The average molecular weight is 612 g/mol. The number of aliphatic hydroxyl groups is 1. The highest BCUT2D eigenvalue weighted by molar-refractivity contribution is 5.30. The predicted molar refractivity (Wildman–Crippen MR) is 196 cm³/mol. The quantitative estimate of drug-likeness (QED) is 0.0397. The van der Waals surface area contributed by atoms with Gasteiger partial charge in [-0.05, 0) is 25.5 Å². The van der Waals surface area contributed by atoms with Crippen molar-refractivity contribution in [2.75, 3.05) is 13.7 Å². The SMILES string of the molecule is C1CC1.CC.CCCCCCCCCC.CCCCCCCCCCCC.CCNC(=C\OOC)/C(C)=C/C=C(/O)CC. The first kappa shape index (κ1) is 48.5. The fraction of sp³-hybridized carbons (Fsp3) is 0.846. The molecule has 1 rings (SSSR count). The van der Waals surface area contributed by atoms with Crippen molar-refractivity contribution in [2.24, 2.45) is 0 Å². The maximum absolute atomic E-state index is 9.32. The molecule has 0 bridgehead atoms. The van der Waals surface area contributed by atoms with Crippen LogP contribution in [0.2, 0.25) is 0 Å². The number of allylic oxidation sites excluding steroid dienone is 4. The van der Waals surface area contributed by atoms with E-state index in [2.05, 4.69) is 37.9 Å². The molecule has 0 aromatic rings. The summed E-state index contributed by atoms with van der Waals surface area (Å²) in [5, 5.41) is 12.5. The highest BCUT2D eigenvalue weighted by atomic mass is 17.2. The molecule has 0 aromatic heterocycles. The molecule has 260 valence electrons. The van der Waals surface area contributed by atoms with Gasteiger partial charge in [-0.15, -0.1) is 0 Å². The summed E-state index contributed by atoms with van der Waals surface area (Å²) >= 11 is 0. The molecule has 2 N–H and O–H groups in total. The van der Waals surface area contributed by atoms with E-state index in [0.717, 1.165) is 17.8 Å². The lowest BCUT2D eigenvalue weighted by Gasteiger charge is -2.08. The fourth-order valence-electron chi connectivity index (χ4n) is 3.76. The van der Waals surface area contributed by atoms with E-state index in [9.17, 15) is 5.11 Å². The second-order valence-corrected chi connectivity index (χ2v) is 11.2. The first-order valence-electron chi connectivity index (χ1n) is 18.7. The van der Waals surface area contributed by atoms with Gasteiger partial charge in [0.2, 0.25) is 0 Å². The number of aliphatic hydroxyl groups excluding tert-OH is 1. The van der Waals surface area contributed by atoms with Gasteiger partial charge >= 0.3 is 0 Å². The maximum atomic E-state index is 9.32. The summed E-state index contributed by atoms with van der Waals surface area (Å²) in [6.07, 6.45) is 36.0. The number of hydrogen-bond acceptors (Lipinski definition) is 4. The van der Waals surface area contributed by atoms with Gasteiger partial charge in [-0.3, -0.25) is 0 Å². The van der Waals surface area contributed by atoms with Gasteiger partial charge < -0.3 is 15.3 Å². The number of nitrogens with one attached hydrogen (secondary N) is 1. The molecule has 1 saturated carbocycles. The third-order valence-electron chi connectivity index (χ3n) is 6.71. The van der Waals surface area contributed by atoms with Crippen LogP contribution in [0.5, 0.6) is 0 Å². The number of hydrogen-bond donors (Lipinski definition) is 2. The van der Waals surface area contributed by atoms with Crippen LogP contribution in [0, 0.1) is 0 Å². The Morgan fingerprint density at radius 3 is 1.21 bits per heavy atom. The second kappa shape index (κ2) is 47.5. The maximum Gasteiger partial charge on any atom is 0.152 e. The molecule has 0 heterocycles. The minimum absolute atomic E-state index is 0.350. The zero-order chi connectivity index (χ0) is 33.2. The molecule has 0 unspecified atom stereocenters. The molecular formula is C39H81NO3. The van der Waals surface area contributed by atoms with Crippen LogP contribution in [0.4, 0.5) is 0 Å². The first-order chi connectivity index (χ1) is 21.0. The molecule has 1 aliphatic carbocycles. The van der Waals surface area contributed by atoms with Crippen LogP contribution in [0.1, 0.15) is 204 Å². The van der Waals surface area contributed by atoms with Crippen LogP contribution in [-0.2, 0) is 9.78 Å².